The molecule has 3 heteroatoms. The van der Waals surface area contributed by atoms with Crippen LogP contribution in [0.2, 0.25) is 0 Å². The minimum absolute atomic E-state index is 0.520. The molecular formula is C16H22BrNS. The highest BCUT2D eigenvalue weighted by Gasteiger charge is 2.14. The molecule has 19 heavy (non-hydrogen) atoms. The van der Waals surface area contributed by atoms with E-state index in [2.05, 4.69) is 58.6 Å². The van der Waals surface area contributed by atoms with Crippen molar-refractivity contribution in [3.8, 4) is 0 Å². The first-order valence-corrected chi connectivity index (χ1v) is 8.82. The van der Waals surface area contributed by atoms with Gasteiger partial charge in [-0.3, -0.25) is 0 Å². The van der Waals surface area contributed by atoms with Crippen LogP contribution < -0.4 is 5.32 Å². The quantitative estimate of drug-likeness (QED) is 0.597. The van der Waals surface area contributed by atoms with Crippen LogP contribution in [-0.2, 0) is 0 Å². The van der Waals surface area contributed by atoms with Gasteiger partial charge in [0.2, 0.25) is 0 Å². The van der Waals surface area contributed by atoms with Crippen molar-refractivity contribution in [1.82, 2.24) is 5.32 Å². The molecule has 1 aliphatic rings. The molecule has 0 aliphatic heterocycles. The molecule has 1 aromatic rings. The van der Waals surface area contributed by atoms with Crippen molar-refractivity contribution in [2.45, 2.75) is 43.0 Å². The molecule has 1 nitrogen and oxygen atoms in total. The third kappa shape index (κ3) is 4.97. The lowest BCUT2D eigenvalue weighted by Gasteiger charge is -2.19. The Balaban J connectivity index is 1.91. The number of likely N-dealkylation sites (N-methyl/N-ethyl adjacent to an activating group) is 1. The molecular weight excluding hydrogens is 318 g/mol. The minimum atomic E-state index is 0.520. The fourth-order valence-electron chi connectivity index (χ4n) is 2.44. The standard InChI is InChI=1S/C16H22BrNS/c1-18-16(13-6-4-2-3-5-7-13)12-19-15-10-8-14(17)9-11-15/h6,8-11,16,18H,2-5,7,12H2,1H3. The zero-order valence-corrected chi connectivity index (χ0v) is 13.9. The molecule has 104 valence electrons. The first-order valence-electron chi connectivity index (χ1n) is 7.04. The summed E-state index contributed by atoms with van der Waals surface area (Å²) in [5.41, 5.74) is 1.62. The van der Waals surface area contributed by atoms with Crippen molar-refractivity contribution in [2.75, 3.05) is 12.8 Å². The zero-order chi connectivity index (χ0) is 13.5. The molecule has 0 fully saturated rings. The van der Waals surface area contributed by atoms with Gasteiger partial charge in [0, 0.05) is 21.2 Å². The summed E-state index contributed by atoms with van der Waals surface area (Å²) in [6, 6.07) is 9.11. The van der Waals surface area contributed by atoms with Crippen LogP contribution in [0.3, 0.4) is 0 Å². The largest absolute Gasteiger partial charge is 0.313 e. The average Bonchev–Trinajstić information content (AvgIpc) is 2.71. The van der Waals surface area contributed by atoms with E-state index >= 15 is 0 Å². The van der Waals surface area contributed by atoms with Crippen LogP contribution in [-0.4, -0.2) is 18.8 Å². The molecule has 1 atom stereocenters. The number of nitrogens with one attached hydrogen (secondary N) is 1. The Bertz CT molecular complexity index is 413. The van der Waals surface area contributed by atoms with E-state index in [1.165, 1.54) is 37.0 Å². The normalized spacial score (nSPS) is 17.7. The maximum atomic E-state index is 3.48. The summed E-state index contributed by atoms with van der Waals surface area (Å²) in [6.45, 7) is 0. The Labute approximate surface area is 129 Å². The lowest BCUT2D eigenvalue weighted by Crippen LogP contribution is -2.29. The summed E-state index contributed by atoms with van der Waals surface area (Å²) in [7, 11) is 2.08. The van der Waals surface area contributed by atoms with Crippen molar-refractivity contribution in [1.29, 1.82) is 0 Å². The summed E-state index contributed by atoms with van der Waals surface area (Å²) < 4.78 is 1.15. The van der Waals surface area contributed by atoms with E-state index in [9.17, 15) is 0 Å². The van der Waals surface area contributed by atoms with Gasteiger partial charge in [0.05, 0.1) is 0 Å². The van der Waals surface area contributed by atoms with E-state index in [-0.39, 0.29) is 0 Å². The summed E-state index contributed by atoms with van der Waals surface area (Å²) in [5.74, 6) is 1.12. The van der Waals surface area contributed by atoms with Crippen LogP contribution in [0.15, 0.2) is 45.3 Å². The lowest BCUT2D eigenvalue weighted by atomic mass is 10.0. The topological polar surface area (TPSA) is 12.0 Å². The first kappa shape index (κ1) is 15.1. The predicted octanol–water partition coefficient (Wildman–Crippen LogP) is 5.02. The van der Waals surface area contributed by atoms with Crippen molar-refractivity contribution in [3.05, 3.63) is 40.4 Å². The van der Waals surface area contributed by atoms with E-state index in [4.69, 9.17) is 0 Å². The van der Waals surface area contributed by atoms with Gasteiger partial charge in [-0.05, 0) is 57.0 Å². The molecule has 0 amide bonds. The highest BCUT2D eigenvalue weighted by Crippen LogP contribution is 2.26. The molecule has 0 radical (unpaired) electrons. The van der Waals surface area contributed by atoms with Crippen LogP contribution in [0.4, 0.5) is 0 Å². The summed E-state index contributed by atoms with van der Waals surface area (Å²) in [4.78, 5) is 1.35. The molecule has 0 aromatic heterocycles. The molecule has 1 aromatic carbocycles. The van der Waals surface area contributed by atoms with Crippen molar-refractivity contribution >= 4 is 27.7 Å². The van der Waals surface area contributed by atoms with E-state index in [0.717, 1.165) is 10.2 Å². The second-order valence-electron chi connectivity index (χ2n) is 4.98. The number of thioether (sulfide) groups is 1. The molecule has 0 saturated carbocycles. The maximum Gasteiger partial charge on any atom is 0.0371 e. The monoisotopic (exact) mass is 339 g/mol. The predicted molar refractivity (Wildman–Crippen MR) is 88.9 cm³/mol. The number of hydrogen-bond donors (Lipinski definition) is 1. The summed E-state index contributed by atoms with van der Waals surface area (Å²) in [6.07, 6.45) is 9.10. The summed E-state index contributed by atoms with van der Waals surface area (Å²) in [5, 5.41) is 3.48. The second kappa shape index (κ2) is 8.13. The van der Waals surface area contributed by atoms with Gasteiger partial charge in [0.15, 0.2) is 0 Å². The van der Waals surface area contributed by atoms with Gasteiger partial charge in [-0.1, -0.05) is 34.0 Å². The SMILES string of the molecule is CNC(CSc1ccc(Br)cc1)C1=CCCCCC1. The van der Waals surface area contributed by atoms with Gasteiger partial charge in [0.1, 0.15) is 0 Å². The van der Waals surface area contributed by atoms with Crippen molar-refractivity contribution in [2.24, 2.45) is 0 Å². The molecule has 2 rings (SSSR count). The van der Waals surface area contributed by atoms with Gasteiger partial charge < -0.3 is 5.32 Å². The Morgan fingerprint density at radius 1 is 1.21 bits per heavy atom. The number of rotatable bonds is 5. The maximum absolute atomic E-state index is 3.48. The van der Waals surface area contributed by atoms with E-state index < -0.39 is 0 Å². The van der Waals surface area contributed by atoms with Crippen LogP contribution >= 0.6 is 27.7 Å². The van der Waals surface area contributed by atoms with Crippen LogP contribution in [0.1, 0.15) is 32.1 Å². The number of halogens is 1. The zero-order valence-electron chi connectivity index (χ0n) is 11.5. The van der Waals surface area contributed by atoms with Crippen molar-refractivity contribution < 1.29 is 0 Å². The van der Waals surface area contributed by atoms with Crippen LogP contribution in [0, 0.1) is 0 Å². The van der Waals surface area contributed by atoms with Crippen LogP contribution in [0.5, 0.6) is 0 Å². The van der Waals surface area contributed by atoms with Gasteiger partial charge in [0.25, 0.3) is 0 Å². The number of allylic oxidation sites excluding steroid dienone is 1. The summed E-state index contributed by atoms with van der Waals surface area (Å²) >= 11 is 5.42. The molecule has 1 unspecified atom stereocenters. The highest BCUT2D eigenvalue weighted by atomic mass is 79.9. The fourth-order valence-corrected chi connectivity index (χ4v) is 3.78. The average molecular weight is 340 g/mol. The molecule has 0 saturated heterocycles. The Kier molecular flexibility index (Phi) is 6.48. The third-order valence-corrected chi connectivity index (χ3v) is 5.24. The number of hydrogen-bond acceptors (Lipinski definition) is 2. The van der Waals surface area contributed by atoms with Crippen LogP contribution in [0.25, 0.3) is 0 Å². The van der Waals surface area contributed by atoms with E-state index in [1.54, 1.807) is 5.57 Å². The number of benzene rings is 1. The third-order valence-electron chi connectivity index (χ3n) is 3.60. The molecule has 0 bridgehead atoms. The Morgan fingerprint density at radius 2 is 2.00 bits per heavy atom. The molecule has 0 spiro atoms. The lowest BCUT2D eigenvalue weighted by molar-refractivity contribution is 0.645. The van der Waals surface area contributed by atoms with E-state index in [1.807, 2.05) is 11.8 Å². The smallest absolute Gasteiger partial charge is 0.0371 e. The first-order chi connectivity index (χ1) is 9.29. The second-order valence-corrected chi connectivity index (χ2v) is 6.99. The van der Waals surface area contributed by atoms with Gasteiger partial charge >= 0.3 is 0 Å². The fraction of sp³-hybridized carbons (Fsp3) is 0.500. The Hall–Kier alpha value is -0.250. The van der Waals surface area contributed by atoms with Gasteiger partial charge in [-0.2, -0.15) is 0 Å². The van der Waals surface area contributed by atoms with Gasteiger partial charge in [-0.25, -0.2) is 0 Å². The van der Waals surface area contributed by atoms with E-state index in [0.29, 0.717) is 6.04 Å². The Morgan fingerprint density at radius 3 is 2.74 bits per heavy atom. The molecule has 1 aliphatic carbocycles. The highest BCUT2D eigenvalue weighted by molar-refractivity contribution is 9.10. The minimum Gasteiger partial charge on any atom is -0.313 e. The van der Waals surface area contributed by atoms with Crippen molar-refractivity contribution in [3.63, 3.8) is 0 Å². The molecule has 1 N–H and O–H groups in total. The van der Waals surface area contributed by atoms with Gasteiger partial charge in [-0.15, -0.1) is 11.8 Å². The molecule has 0 heterocycles.